The molecule has 2 aromatic rings. The Hall–Kier alpha value is -2.25. The number of carbonyl (C=O) groups excluding carboxylic acids is 1. The van der Waals surface area contributed by atoms with Crippen molar-refractivity contribution in [2.75, 3.05) is 11.9 Å². The van der Waals surface area contributed by atoms with Crippen LogP contribution in [0, 0.1) is 27.7 Å². The van der Waals surface area contributed by atoms with E-state index in [9.17, 15) is 13.2 Å². The highest BCUT2D eigenvalue weighted by Gasteiger charge is 2.19. The van der Waals surface area contributed by atoms with E-state index in [1.54, 1.807) is 26.1 Å². The summed E-state index contributed by atoms with van der Waals surface area (Å²) in [4.78, 5) is 16.3. The summed E-state index contributed by atoms with van der Waals surface area (Å²) >= 11 is 0. The highest BCUT2D eigenvalue weighted by molar-refractivity contribution is 7.89. The maximum atomic E-state index is 12.5. The monoisotopic (exact) mass is 361 g/mol. The summed E-state index contributed by atoms with van der Waals surface area (Å²) in [6, 6.07) is 7.24. The molecule has 2 rings (SSSR count). The highest BCUT2D eigenvalue weighted by atomic mass is 32.2. The number of aromatic nitrogens is 1. The Morgan fingerprint density at radius 3 is 2.28 bits per heavy atom. The van der Waals surface area contributed by atoms with Gasteiger partial charge in [-0.2, -0.15) is 0 Å². The third-order valence-corrected chi connectivity index (χ3v) is 5.47. The first kappa shape index (κ1) is 19.1. The summed E-state index contributed by atoms with van der Waals surface area (Å²) in [5.41, 5.74) is 3.38. The van der Waals surface area contributed by atoms with E-state index >= 15 is 0 Å². The molecule has 0 aliphatic heterocycles. The van der Waals surface area contributed by atoms with Crippen LogP contribution >= 0.6 is 0 Å². The Kier molecular flexibility index (Phi) is 5.92. The first-order valence-corrected chi connectivity index (χ1v) is 9.47. The maximum Gasteiger partial charge on any atom is 0.241 e. The van der Waals surface area contributed by atoms with Crippen LogP contribution in [-0.2, 0) is 14.8 Å². The van der Waals surface area contributed by atoms with Crippen LogP contribution in [0.5, 0.6) is 0 Å². The summed E-state index contributed by atoms with van der Waals surface area (Å²) in [5.74, 6) is 0.163. The number of hydrogen-bond donors (Lipinski definition) is 2. The van der Waals surface area contributed by atoms with E-state index in [1.165, 1.54) is 0 Å². The van der Waals surface area contributed by atoms with E-state index in [2.05, 4.69) is 15.0 Å². The van der Waals surface area contributed by atoms with Crippen molar-refractivity contribution < 1.29 is 13.2 Å². The lowest BCUT2D eigenvalue weighted by molar-refractivity contribution is -0.116. The number of nitrogens with one attached hydrogen (secondary N) is 2. The molecule has 0 spiro atoms. The van der Waals surface area contributed by atoms with E-state index in [0.29, 0.717) is 16.9 Å². The molecule has 0 unspecified atom stereocenters. The van der Waals surface area contributed by atoms with Crippen LogP contribution < -0.4 is 10.0 Å². The van der Waals surface area contributed by atoms with E-state index in [-0.39, 0.29) is 23.8 Å². The molecule has 25 heavy (non-hydrogen) atoms. The van der Waals surface area contributed by atoms with Crippen LogP contribution in [0.4, 0.5) is 5.82 Å². The van der Waals surface area contributed by atoms with Gasteiger partial charge < -0.3 is 5.32 Å². The molecule has 0 saturated heterocycles. The van der Waals surface area contributed by atoms with Crippen molar-refractivity contribution in [2.45, 2.75) is 39.0 Å². The Balaban J connectivity index is 1.98. The number of carbonyl (C=O) groups is 1. The van der Waals surface area contributed by atoms with Crippen LogP contribution in [-0.4, -0.2) is 25.9 Å². The van der Waals surface area contributed by atoms with Crippen LogP contribution in [0.3, 0.4) is 0 Å². The molecule has 1 aromatic heterocycles. The largest absolute Gasteiger partial charge is 0.311 e. The van der Waals surface area contributed by atoms with E-state index in [4.69, 9.17) is 0 Å². The number of aryl methyl sites for hydroxylation is 4. The first-order valence-electron chi connectivity index (χ1n) is 7.99. The van der Waals surface area contributed by atoms with Crippen molar-refractivity contribution in [3.63, 3.8) is 0 Å². The van der Waals surface area contributed by atoms with Gasteiger partial charge >= 0.3 is 0 Å². The average Bonchev–Trinajstić information content (AvgIpc) is 2.45. The van der Waals surface area contributed by atoms with Gasteiger partial charge in [-0.25, -0.2) is 18.1 Å². The summed E-state index contributed by atoms with van der Waals surface area (Å²) < 4.78 is 27.5. The molecular formula is C18H23N3O3S. The van der Waals surface area contributed by atoms with Crippen LogP contribution in [0.1, 0.15) is 28.7 Å². The molecule has 0 bridgehead atoms. The molecule has 0 radical (unpaired) electrons. The third kappa shape index (κ3) is 5.11. The molecule has 7 heteroatoms. The molecule has 0 aliphatic rings. The molecule has 134 valence electrons. The summed E-state index contributed by atoms with van der Waals surface area (Å²) in [5, 5.41) is 2.65. The minimum atomic E-state index is -3.66. The molecular weight excluding hydrogens is 338 g/mol. The summed E-state index contributed by atoms with van der Waals surface area (Å²) in [6.07, 6.45) is 1.63. The minimum Gasteiger partial charge on any atom is -0.311 e. The van der Waals surface area contributed by atoms with Gasteiger partial charge in [0.25, 0.3) is 0 Å². The maximum absolute atomic E-state index is 12.5. The topological polar surface area (TPSA) is 88.2 Å². The highest BCUT2D eigenvalue weighted by Crippen LogP contribution is 2.21. The summed E-state index contributed by atoms with van der Waals surface area (Å²) in [7, 11) is -3.66. The minimum absolute atomic E-state index is 0.0206. The quantitative estimate of drug-likeness (QED) is 0.828. The van der Waals surface area contributed by atoms with Crippen molar-refractivity contribution in [1.29, 1.82) is 0 Å². The van der Waals surface area contributed by atoms with Gasteiger partial charge in [0, 0.05) is 19.2 Å². The van der Waals surface area contributed by atoms with Crippen molar-refractivity contribution in [3.8, 4) is 0 Å². The van der Waals surface area contributed by atoms with Crippen molar-refractivity contribution in [3.05, 3.63) is 52.7 Å². The molecule has 0 fully saturated rings. The number of rotatable bonds is 6. The second-order valence-corrected chi connectivity index (χ2v) is 7.85. The molecule has 0 aliphatic carbocycles. The predicted molar refractivity (Wildman–Crippen MR) is 98.1 cm³/mol. The van der Waals surface area contributed by atoms with E-state index < -0.39 is 10.0 Å². The molecule has 2 N–H and O–H groups in total. The van der Waals surface area contributed by atoms with Gasteiger partial charge in [-0.1, -0.05) is 17.7 Å². The number of hydrogen-bond acceptors (Lipinski definition) is 4. The smallest absolute Gasteiger partial charge is 0.241 e. The van der Waals surface area contributed by atoms with Gasteiger partial charge in [-0.15, -0.1) is 0 Å². The SMILES string of the molecule is Cc1ccnc(NC(=O)CCNS(=O)(=O)c2c(C)cc(C)cc2C)c1. The Labute approximate surface area is 148 Å². The zero-order chi connectivity index (χ0) is 18.6. The normalized spacial score (nSPS) is 11.4. The summed E-state index contributed by atoms with van der Waals surface area (Å²) in [6.45, 7) is 7.38. The lowest BCUT2D eigenvalue weighted by Gasteiger charge is -2.13. The molecule has 1 amide bonds. The molecule has 0 atom stereocenters. The molecule has 6 nitrogen and oxygen atoms in total. The third-order valence-electron chi connectivity index (χ3n) is 3.70. The van der Waals surface area contributed by atoms with Crippen molar-refractivity contribution >= 4 is 21.7 Å². The second-order valence-electron chi connectivity index (χ2n) is 6.14. The van der Waals surface area contributed by atoms with E-state index in [1.807, 2.05) is 32.0 Å². The molecule has 1 heterocycles. The number of benzene rings is 1. The van der Waals surface area contributed by atoms with Gasteiger partial charge in [0.15, 0.2) is 0 Å². The van der Waals surface area contributed by atoms with Gasteiger partial charge in [-0.3, -0.25) is 4.79 Å². The second kappa shape index (κ2) is 7.76. The van der Waals surface area contributed by atoms with Gasteiger partial charge in [-0.05, 0) is 56.5 Å². The zero-order valence-corrected chi connectivity index (χ0v) is 15.7. The standard InChI is InChI=1S/C18H23N3O3S/c1-12-5-7-19-16(11-12)21-17(22)6-8-20-25(23,24)18-14(3)9-13(2)10-15(18)4/h5,7,9-11,20H,6,8H2,1-4H3,(H,19,21,22). The lowest BCUT2D eigenvalue weighted by atomic mass is 10.1. The Morgan fingerprint density at radius 2 is 1.68 bits per heavy atom. The van der Waals surface area contributed by atoms with Crippen molar-refractivity contribution in [2.24, 2.45) is 0 Å². The Bertz CT molecular complexity index is 869. The van der Waals surface area contributed by atoms with Crippen LogP contribution in [0.15, 0.2) is 35.4 Å². The number of nitrogens with zero attached hydrogens (tertiary/aromatic N) is 1. The van der Waals surface area contributed by atoms with Crippen molar-refractivity contribution in [1.82, 2.24) is 9.71 Å². The number of amides is 1. The molecule has 1 aromatic carbocycles. The average molecular weight is 361 g/mol. The fourth-order valence-electron chi connectivity index (χ4n) is 2.77. The van der Waals surface area contributed by atoms with Crippen LogP contribution in [0.2, 0.25) is 0 Å². The fourth-order valence-corrected chi connectivity index (χ4v) is 4.25. The fraction of sp³-hybridized carbons (Fsp3) is 0.333. The van der Waals surface area contributed by atoms with Gasteiger partial charge in [0.05, 0.1) is 4.90 Å². The van der Waals surface area contributed by atoms with Gasteiger partial charge in [0.2, 0.25) is 15.9 Å². The zero-order valence-electron chi connectivity index (χ0n) is 14.9. The number of anilines is 1. The number of pyridine rings is 1. The number of sulfonamides is 1. The molecule has 0 saturated carbocycles. The predicted octanol–water partition coefficient (Wildman–Crippen LogP) is 2.62. The lowest BCUT2D eigenvalue weighted by Crippen LogP contribution is -2.29. The van der Waals surface area contributed by atoms with Gasteiger partial charge in [0.1, 0.15) is 5.82 Å². The first-order chi connectivity index (χ1) is 11.7. The Morgan fingerprint density at radius 1 is 1.04 bits per heavy atom. The van der Waals surface area contributed by atoms with E-state index in [0.717, 1.165) is 11.1 Å². The van der Waals surface area contributed by atoms with Crippen LogP contribution in [0.25, 0.3) is 0 Å².